The summed E-state index contributed by atoms with van der Waals surface area (Å²) < 4.78 is 33.4. The SMILES string of the molecule is O=C1C[C@@H]2O[C@H](CNC(=O)[C@@H]3CN(CCN3Cc3ccc(F)c(F)c3)C(=O)[C@@H]3C[C@@H](CN3Cc3cccc(Cl)c3)N1)[C@@H](O)[C@H]2O. The van der Waals surface area contributed by atoms with Gasteiger partial charge in [-0.1, -0.05) is 29.8 Å². The Labute approximate surface area is 264 Å². The van der Waals surface area contributed by atoms with Crippen LogP contribution in [0.4, 0.5) is 8.78 Å². The summed E-state index contributed by atoms with van der Waals surface area (Å²) in [5, 5.41) is 27.5. The first kappa shape index (κ1) is 31.8. The molecule has 4 aliphatic rings. The molecule has 0 saturated carbocycles. The molecule has 0 radical (unpaired) electrons. The van der Waals surface area contributed by atoms with Crippen molar-refractivity contribution in [2.24, 2.45) is 0 Å². The summed E-state index contributed by atoms with van der Waals surface area (Å²) >= 11 is 6.22. The maximum Gasteiger partial charge on any atom is 0.240 e. The van der Waals surface area contributed by atoms with Gasteiger partial charge in [-0.15, -0.1) is 0 Å². The molecule has 4 fully saturated rings. The summed E-state index contributed by atoms with van der Waals surface area (Å²) in [6.07, 6.45) is -4.48. The van der Waals surface area contributed by atoms with Crippen molar-refractivity contribution in [1.82, 2.24) is 25.3 Å². The predicted octanol–water partition coefficient (Wildman–Crippen LogP) is 0.399. The number of amides is 3. The standard InChI is InChI=1S/C31H36ClF2N5O6/c32-19-3-1-2-17(8-19)14-39-15-20-10-23(39)31(44)38-7-6-37(13-18-4-5-21(33)22(34)9-18)24(16-38)30(43)35-12-26-29(42)28(41)25(45-26)11-27(40)36-20/h1-5,8-9,20,23-26,28-29,41-42H,6-7,10-16H2,(H,35,43)(H,36,40)/t20-,23-,24-,25-,26+,28-,29+/m0/s1. The zero-order chi connectivity index (χ0) is 31.8. The highest BCUT2D eigenvalue weighted by Gasteiger charge is 2.46. The van der Waals surface area contributed by atoms with E-state index >= 15 is 0 Å². The predicted molar refractivity (Wildman–Crippen MR) is 158 cm³/mol. The molecule has 242 valence electrons. The second kappa shape index (κ2) is 13.3. The highest BCUT2D eigenvalue weighted by molar-refractivity contribution is 6.30. The first-order chi connectivity index (χ1) is 21.5. The molecule has 4 N–H and O–H groups in total. The average molecular weight is 648 g/mol. The summed E-state index contributed by atoms with van der Waals surface area (Å²) in [6, 6.07) is 9.09. The Hall–Kier alpha value is -3.20. The molecule has 4 aliphatic heterocycles. The van der Waals surface area contributed by atoms with Gasteiger partial charge in [0.1, 0.15) is 24.4 Å². The van der Waals surface area contributed by atoms with Gasteiger partial charge in [0, 0.05) is 56.9 Å². The third kappa shape index (κ3) is 6.98. The van der Waals surface area contributed by atoms with Gasteiger partial charge in [0.25, 0.3) is 0 Å². The summed E-state index contributed by atoms with van der Waals surface area (Å²) in [7, 11) is 0. The fourth-order valence-electron chi connectivity index (χ4n) is 6.80. The van der Waals surface area contributed by atoms with E-state index in [1.54, 1.807) is 15.9 Å². The van der Waals surface area contributed by atoms with E-state index in [4.69, 9.17) is 16.3 Å². The molecular formula is C31H36ClF2N5O6. The van der Waals surface area contributed by atoms with Crippen molar-refractivity contribution >= 4 is 29.3 Å². The van der Waals surface area contributed by atoms with Crippen molar-refractivity contribution in [2.45, 2.75) is 68.5 Å². The highest BCUT2D eigenvalue weighted by Crippen LogP contribution is 2.28. The Balaban J connectivity index is 1.28. The third-order valence-corrected chi connectivity index (χ3v) is 9.36. The molecule has 3 amide bonds. The van der Waals surface area contributed by atoms with Gasteiger partial charge in [-0.2, -0.15) is 0 Å². The lowest BCUT2D eigenvalue weighted by Gasteiger charge is -2.42. The Bertz CT molecular complexity index is 1450. The van der Waals surface area contributed by atoms with Crippen molar-refractivity contribution in [2.75, 3.05) is 32.7 Å². The minimum atomic E-state index is -1.33. The summed E-state index contributed by atoms with van der Waals surface area (Å²) in [6.45, 7) is 1.40. The Morgan fingerprint density at radius 1 is 0.889 bits per heavy atom. The van der Waals surface area contributed by atoms with Crippen molar-refractivity contribution in [3.05, 3.63) is 70.2 Å². The molecule has 2 aromatic carbocycles. The number of hydrogen-bond acceptors (Lipinski definition) is 8. The van der Waals surface area contributed by atoms with E-state index in [1.807, 2.05) is 23.1 Å². The molecule has 2 aromatic rings. The number of benzene rings is 2. The largest absolute Gasteiger partial charge is 0.388 e. The quantitative estimate of drug-likeness (QED) is 0.375. The molecule has 45 heavy (non-hydrogen) atoms. The number of piperazine rings is 1. The lowest BCUT2D eigenvalue weighted by molar-refractivity contribution is -0.142. The number of fused-ring (bicyclic) bond motifs is 6. The summed E-state index contributed by atoms with van der Waals surface area (Å²) in [5.41, 5.74) is 1.37. The molecule has 4 saturated heterocycles. The van der Waals surface area contributed by atoms with Crippen LogP contribution in [0.5, 0.6) is 0 Å². The van der Waals surface area contributed by atoms with Crippen molar-refractivity contribution in [3.63, 3.8) is 0 Å². The molecule has 0 spiro atoms. The Morgan fingerprint density at radius 3 is 2.42 bits per heavy atom. The number of halogens is 3. The molecule has 4 heterocycles. The van der Waals surface area contributed by atoms with Crippen LogP contribution in [0.1, 0.15) is 24.0 Å². The number of carbonyl (C=O) groups is 3. The monoisotopic (exact) mass is 647 g/mol. The van der Waals surface area contributed by atoms with Crippen LogP contribution in [0.2, 0.25) is 5.02 Å². The molecule has 0 unspecified atom stereocenters. The smallest absolute Gasteiger partial charge is 0.240 e. The number of aliphatic hydroxyl groups is 2. The zero-order valence-electron chi connectivity index (χ0n) is 24.4. The van der Waals surface area contributed by atoms with Gasteiger partial charge < -0.3 is 30.5 Å². The molecule has 14 heteroatoms. The van der Waals surface area contributed by atoms with Gasteiger partial charge in [-0.3, -0.25) is 24.2 Å². The fourth-order valence-corrected chi connectivity index (χ4v) is 7.02. The zero-order valence-corrected chi connectivity index (χ0v) is 25.2. The number of nitrogens with zero attached hydrogens (tertiary/aromatic N) is 3. The first-order valence-electron chi connectivity index (χ1n) is 15.1. The number of carbonyl (C=O) groups excluding carboxylic acids is 3. The van der Waals surface area contributed by atoms with E-state index in [-0.39, 0.29) is 50.5 Å². The van der Waals surface area contributed by atoms with E-state index in [1.165, 1.54) is 6.07 Å². The number of ether oxygens (including phenoxy) is 1. The normalized spacial score (nSPS) is 31.6. The van der Waals surface area contributed by atoms with E-state index in [2.05, 4.69) is 10.6 Å². The Kier molecular flexibility index (Phi) is 9.37. The molecule has 6 rings (SSSR count). The lowest BCUT2D eigenvalue weighted by Crippen LogP contribution is -2.62. The lowest BCUT2D eigenvalue weighted by atomic mass is 10.0. The van der Waals surface area contributed by atoms with Gasteiger partial charge in [0.2, 0.25) is 17.7 Å². The van der Waals surface area contributed by atoms with Gasteiger partial charge in [0.05, 0.1) is 18.6 Å². The van der Waals surface area contributed by atoms with Crippen LogP contribution in [0.15, 0.2) is 42.5 Å². The van der Waals surface area contributed by atoms with Crippen LogP contribution in [0.3, 0.4) is 0 Å². The number of rotatable bonds is 4. The van der Waals surface area contributed by atoms with Crippen LogP contribution in [0.25, 0.3) is 0 Å². The van der Waals surface area contributed by atoms with Crippen LogP contribution in [0, 0.1) is 11.6 Å². The van der Waals surface area contributed by atoms with Gasteiger partial charge in [0.15, 0.2) is 11.6 Å². The molecular weight excluding hydrogens is 612 g/mol. The summed E-state index contributed by atoms with van der Waals surface area (Å²) in [4.78, 5) is 46.2. The van der Waals surface area contributed by atoms with E-state index in [0.29, 0.717) is 36.6 Å². The second-order valence-corrected chi connectivity index (χ2v) is 12.7. The van der Waals surface area contributed by atoms with E-state index in [9.17, 15) is 33.4 Å². The number of aliphatic hydroxyl groups excluding tert-OH is 2. The van der Waals surface area contributed by atoms with Crippen LogP contribution in [-0.4, -0.2) is 118 Å². The maximum absolute atomic E-state index is 14.1. The second-order valence-electron chi connectivity index (χ2n) is 12.2. The molecule has 11 nitrogen and oxygen atoms in total. The fraction of sp³-hybridized carbons (Fsp3) is 0.516. The molecule has 0 aromatic heterocycles. The van der Waals surface area contributed by atoms with Crippen LogP contribution < -0.4 is 10.6 Å². The molecule has 7 atom stereocenters. The van der Waals surface area contributed by atoms with Crippen LogP contribution >= 0.6 is 11.6 Å². The third-order valence-electron chi connectivity index (χ3n) is 9.13. The first-order valence-corrected chi connectivity index (χ1v) is 15.5. The maximum atomic E-state index is 14.1. The number of hydrogen-bond donors (Lipinski definition) is 4. The van der Waals surface area contributed by atoms with E-state index in [0.717, 1.165) is 17.7 Å². The topological polar surface area (TPSA) is 135 Å². The van der Waals surface area contributed by atoms with Crippen molar-refractivity contribution < 1.29 is 38.1 Å². The molecule has 6 bridgehead atoms. The van der Waals surface area contributed by atoms with Crippen molar-refractivity contribution in [1.29, 1.82) is 0 Å². The number of likely N-dealkylation sites (tertiary alicyclic amines) is 1. The van der Waals surface area contributed by atoms with Crippen LogP contribution in [-0.2, 0) is 32.2 Å². The molecule has 0 aliphatic carbocycles. The van der Waals surface area contributed by atoms with Crippen molar-refractivity contribution in [3.8, 4) is 0 Å². The minimum Gasteiger partial charge on any atom is -0.388 e. The number of nitrogens with one attached hydrogen (secondary N) is 2. The van der Waals surface area contributed by atoms with Gasteiger partial charge in [-0.25, -0.2) is 8.78 Å². The minimum absolute atomic E-state index is 0.0339. The Morgan fingerprint density at radius 2 is 1.64 bits per heavy atom. The van der Waals surface area contributed by atoms with Gasteiger partial charge >= 0.3 is 0 Å². The highest BCUT2D eigenvalue weighted by atomic mass is 35.5. The average Bonchev–Trinajstić information content (AvgIpc) is 3.51. The van der Waals surface area contributed by atoms with Gasteiger partial charge in [-0.05, 0) is 41.8 Å². The van der Waals surface area contributed by atoms with E-state index < -0.39 is 54.0 Å². The summed E-state index contributed by atoms with van der Waals surface area (Å²) in [5.74, 6) is -2.98.